The van der Waals surface area contributed by atoms with Crippen molar-refractivity contribution in [2.45, 2.75) is 45.6 Å². The van der Waals surface area contributed by atoms with Gasteiger partial charge in [0.05, 0.1) is 0 Å². The van der Waals surface area contributed by atoms with E-state index in [2.05, 4.69) is 20.8 Å². The number of amides is 1. The summed E-state index contributed by atoms with van der Waals surface area (Å²) in [6.07, 6.45) is 3.44. The van der Waals surface area contributed by atoms with Crippen LogP contribution >= 0.6 is 12.4 Å². The molecule has 0 aliphatic carbocycles. The number of nitrogens with one attached hydrogen (secondary N) is 2. The van der Waals surface area contributed by atoms with E-state index >= 15 is 0 Å². The van der Waals surface area contributed by atoms with Crippen LogP contribution < -0.4 is 10.6 Å². The lowest BCUT2D eigenvalue weighted by Crippen LogP contribution is -2.27. The van der Waals surface area contributed by atoms with Crippen molar-refractivity contribution >= 4 is 24.0 Å². The standard InChI is InChI=1S/C17H22N4O2.ClH/c1-3-15-20-17(23-21-15)12-7-6-11(2)14(9-12)19-16(22)10-13-5-4-8-18-13;/h6-7,9,13,18H,3-5,8,10H2,1-2H3,(H,19,22);1H. The molecule has 7 heteroatoms. The summed E-state index contributed by atoms with van der Waals surface area (Å²) in [6, 6.07) is 6.06. The predicted molar refractivity (Wildman–Crippen MR) is 95.4 cm³/mol. The second kappa shape index (κ2) is 8.26. The molecule has 1 unspecified atom stereocenters. The van der Waals surface area contributed by atoms with E-state index in [-0.39, 0.29) is 18.3 Å². The van der Waals surface area contributed by atoms with Gasteiger partial charge in [-0.05, 0) is 44.0 Å². The number of hydrogen-bond donors (Lipinski definition) is 2. The molecular weight excluding hydrogens is 328 g/mol. The van der Waals surface area contributed by atoms with Gasteiger partial charge in [0, 0.05) is 30.1 Å². The van der Waals surface area contributed by atoms with Crippen molar-refractivity contribution in [1.82, 2.24) is 15.5 Å². The molecule has 130 valence electrons. The highest BCUT2D eigenvalue weighted by Crippen LogP contribution is 2.25. The Morgan fingerprint density at radius 3 is 2.96 bits per heavy atom. The predicted octanol–water partition coefficient (Wildman–Crippen LogP) is 3.11. The van der Waals surface area contributed by atoms with Crippen molar-refractivity contribution in [3.8, 4) is 11.5 Å². The average Bonchev–Trinajstić information content (AvgIpc) is 3.20. The molecule has 1 aliphatic rings. The maximum Gasteiger partial charge on any atom is 0.257 e. The molecule has 1 atom stereocenters. The third-order valence-corrected chi connectivity index (χ3v) is 4.14. The van der Waals surface area contributed by atoms with Crippen molar-refractivity contribution < 1.29 is 9.32 Å². The van der Waals surface area contributed by atoms with Crippen molar-refractivity contribution in [3.05, 3.63) is 29.6 Å². The Balaban J connectivity index is 0.00000208. The van der Waals surface area contributed by atoms with Crippen molar-refractivity contribution in [2.24, 2.45) is 0 Å². The van der Waals surface area contributed by atoms with Gasteiger partial charge in [-0.1, -0.05) is 18.1 Å². The number of carbonyl (C=O) groups excluding carboxylic acids is 1. The number of halogens is 1. The van der Waals surface area contributed by atoms with Gasteiger partial charge in [-0.3, -0.25) is 4.79 Å². The van der Waals surface area contributed by atoms with E-state index in [0.29, 0.717) is 24.2 Å². The normalized spacial score (nSPS) is 16.7. The first kappa shape index (κ1) is 18.4. The van der Waals surface area contributed by atoms with Crippen LogP contribution in [0.25, 0.3) is 11.5 Å². The van der Waals surface area contributed by atoms with E-state index in [1.165, 1.54) is 0 Å². The minimum Gasteiger partial charge on any atom is -0.334 e. The van der Waals surface area contributed by atoms with Gasteiger partial charge in [0.15, 0.2) is 5.82 Å². The van der Waals surface area contributed by atoms with E-state index in [0.717, 1.165) is 42.6 Å². The van der Waals surface area contributed by atoms with Gasteiger partial charge in [-0.25, -0.2) is 0 Å². The van der Waals surface area contributed by atoms with Crippen molar-refractivity contribution in [2.75, 3.05) is 11.9 Å². The quantitative estimate of drug-likeness (QED) is 0.866. The summed E-state index contributed by atoms with van der Waals surface area (Å²) in [5, 5.41) is 10.3. The van der Waals surface area contributed by atoms with Crippen LogP contribution in [0.3, 0.4) is 0 Å². The van der Waals surface area contributed by atoms with E-state index < -0.39 is 0 Å². The first-order valence-electron chi connectivity index (χ1n) is 8.12. The molecule has 2 aromatic rings. The fraction of sp³-hybridized carbons (Fsp3) is 0.471. The molecule has 1 saturated heterocycles. The number of benzene rings is 1. The zero-order valence-electron chi connectivity index (χ0n) is 14.0. The zero-order valence-corrected chi connectivity index (χ0v) is 14.8. The lowest BCUT2D eigenvalue weighted by Gasteiger charge is -2.12. The molecular formula is C17H23ClN4O2. The van der Waals surface area contributed by atoms with Gasteiger partial charge < -0.3 is 15.2 Å². The van der Waals surface area contributed by atoms with Gasteiger partial charge in [-0.2, -0.15) is 4.98 Å². The van der Waals surface area contributed by atoms with Crippen LogP contribution in [0.5, 0.6) is 0 Å². The molecule has 1 amide bonds. The maximum absolute atomic E-state index is 12.2. The summed E-state index contributed by atoms with van der Waals surface area (Å²) in [5.41, 5.74) is 2.62. The largest absolute Gasteiger partial charge is 0.334 e. The van der Waals surface area contributed by atoms with Crippen LogP contribution in [0.1, 0.15) is 37.6 Å². The van der Waals surface area contributed by atoms with Crippen LogP contribution in [0.15, 0.2) is 22.7 Å². The molecule has 6 nitrogen and oxygen atoms in total. The molecule has 1 aliphatic heterocycles. The first-order valence-corrected chi connectivity index (χ1v) is 8.12. The lowest BCUT2D eigenvalue weighted by atomic mass is 10.1. The van der Waals surface area contributed by atoms with Crippen molar-refractivity contribution in [1.29, 1.82) is 0 Å². The number of anilines is 1. The van der Waals surface area contributed by atoms with Gasteiger partial charge in [0.2, 0.25) is 5.91 Å². The summed E-state index contributed by atoms with van der Waals surface area (Å²) in [5.74, 6) is 1.19. The molecule has 1 aromatic carbocycles. The third kappa shape index (κ3) is 4.33. The molecule has 3 rings (SSSR count). The van der Waals surface area contributed by atoms with Crippen LogP contribution in [-0.4, -0.2) is 28.6 Å². The van der Waals surface area contributed by atoms with Crippen LogP contribution in [0, 0.1) is 6.92 Å². The van der Waals surface area contributed by atoms with E-state index in [4.69, 9.17) is 4.52 Å². The maximum atomic E-state index is 12.2. The molecule has 24 heavy (non-hydrogen) atoms. The van der Waals surface area contributed by atoms with E-state index in [9.17, 15) is 4.79 Å². The number of nitrogens with zero attached hydrogens (tertiary/aromatic N) is 2. The van der Waals surface area contributed by atoms with E-state index in [1.54, 1.807) is 0 Å². The van der Waals surface area contributed by atoms with Gasteiger partial charge in [0.25, 0.3) is 5.89 Å². The Bertz CT molecular complexity index is 696. The number of aromatic nitrogens is 2. The number of carbonyl (C=O) groups is 1. The SMILES string of the molecule is CCc1noc(-c2ccc(C)c(NC(=O)CC3CCCN3)c2)n1.Cl. The summed E-state index contributed by atoms with van der Waals surface area (Å²) < 4.78 is 5.27. The molecule has 1 aromatic heterocycles. The van der Waals surface area contributed by atoms with Gasteiger partial charge in [0.1, 0.15) is 0 Å². The number of aryl methyl sites for hydroxylation is 2. The van der Waals surface area contributed by atoms with Crippen molar-refractivity contribution in [3.63, 3.8) is 0 Å². The zero-order chi connectivity index (χ0) is 16.2. The Hall–Kier alpha value is -1.92. The molecule has 0 saturated carbocycles. The molecule has 2 heterocycles. The van der Waals surface area contributed by atoms with Crippen LogP contribution in [0.4, 0.5) is 5.69 Å². The average molecular weight is 351 g/mol. The summed E-state index contributed by atoms with van der Waals surface area (Å²) in [4.78, 5) is 16.5. The smallest absolute Gasteiger partial charge is 0.257 e. The summed E-state index contributed by atoms with van der Waals surface area (Å²) >= 11 is 0. The molecule has 2 N–H and O–H groups in total. The molecule has 0 bridgehead atoms. The minimum atomic E-state index is 0. The third-order valence-electron chi connectivity index (χ3n) is 4.14. The molecule has 1 fully saturated rings. The Morgan fingerprint density at radius 1 is 1.46 bits per heavy atom. The number of rotatable bonds is 5. The fourth-order valence-electron chi connectivity index (χ4n) is 2.76. The van der Waals surface area contributed by atoms with Gasteiger partial charge >= 0.3 is 0 Å². The monoisotopic (exact) mass is 350 g/mol. The molecule has 0 radical (unpaired) electrons. The molecule has 0 spiro atoms. The minimum absolute atomic E-state index is 0. The van der Waals surface area contributed by atoms with Crippen LogP contribution in [0.2, 0.25) is 0 Å². The first-order chi connectivity index (χ1) is 11.2. The van der Waals surface area contributed by atoms with Crippen LogP contribution in [-0.2, 0) is 11.2 Å². The Morgan fingerprint density at radius 2 is 2.29 bits per heavy atom. The highest BCUT2D eigenvalue weighted by molar-refractivity contribution is 5.92. The summed E-state index contributed by atoms with van der Waals surface area (Å²) in [6.45, 7) is 4.95. The van der Waals surface area contributed by atoms with E-state index in [1.807, 2.05) is 32.0 Å². The summed E-state index contributed by atoms with van der Waals surface area (Å²) in [7, 11) is 0. The fourth-order valence-corrected chi connectivity index (χ4v) is 2.76. The second-order valence-corrected chi connectivity index (χ2v) is 5.94. The lowest BCUT2D eigenvalue weighted by molar-refractivity contribution is -0.116. The number of hydrogen-bond acceptors (Lipinski definition) is 5. The van der Waals surface area contributed by atoms with Gasteiger partial charge in [-0.15, -0.1) is 12.4 Å². The Kier molecular flexibility index (Phi) is 6.34. The highest BCUT2D eigenvalue weighted by Gasteiger charge is 2.18. The Labute approximate surface area is 147 Å². The highest BCUT2D eigenvalue weighted by atomic mass is 35.5. The second-order valence-electron chi connectivity index (χ2n) is 5.94. The topological polar surface area (TPSA) is 80.0 Å².